The van der Waals surface area contributed by atoms with Crippen LogP contribution in [0.15, 0.2) is 78.4 Å². The average Bonchev–Trinajstić information content (AvgIpc) is 3.12. The number of esters is 3. The molecule has 0 aliphatic carbocycles. The van der Waals surface area contributed by atoms with Crippen molar-refractivity contribution >= 4 is 24.0 Å². The zero-order valence-electron chi connectivity index (χ0n) is 30.5. The molecule has 50 heavy (non-hydrogen) atoms. The van der Waals surface area contributed by atoms with E-state index < -0.39 is 17.9 Å². The molecule has 0 aliphatic rings. The van der Waals surface area contributed by atoms with Crippen LogP contribution < -0.4 is 14.2 Å². The summed E-state index contributed by atoms with van der Waals surface area (Å²) in [6, 6.07) is 20.1. The molecule has 3 rings (SSSR count). The number of rotatable bonds is 23. The minimum Gasteiger partial charge on any atom is -0.494 e. The highest BCUT2D eigenvalue weighted by Gasteiger charge is 2.15. The lowest BCUT2D eigenvalue weighted by Crippen LogP contribution is -2.15. The summed E-state index contributed by atoms with van der Waals surface area (Å²) < 4.78 is 22.4. The summed E-state index contributed by atoms with van der Waals surface area (Å²) >= 11 is 0. The summed E-state index contributed by atoms with van der Waals surface area (Å²) in [6.07, 6.45) is 18.5. The molecule has 0 radical (unpaired) electrons. The van der Waals surface area contributed by atoms with Gasteiger partial charge in [0.15, 0.2) is 0 Å². The first kappa shape index (κ1) is 40.0. The predicted molar refractivity (Wildman–Crippen MR) is 200 cm³/mol. The van der Waals surface area contributed by atoms with Crippen LogP contribution in [0.5, 0.6) is 17.2 Å². The van der Waals surface area contributed by atoms with Gasteiger partial charge in [0.1, 0.15) is 17.2 Å². The van der Waals surface area contributed by atoms with Crippen molar-refractivity contribution in [2.45, 2.75) is 124 Å². The molecule has 3 aromatic carbocycles. The summed E-state index contributed by atoms with van der Waals surface area (Å²) in [7, 11) is 0. The van der Waals surface area contributed by atoms with E-state index in [1.165, 1.54) is 69.9 Å². The first-order valence-electron chi connectivity index (χ1n) is 18.6. The third-order valence-electron chi connectivity index (χ3n) is 8.48. The number of hydrogen-bond donors (Lipinski definition) is 0. The van der Waals surface area contributed by atoms with Gasteiger partial charge in [0.05, 0.1) is 23.8 Å². The van der Waals surface area contributed by atoms with Crippen LogP contribution in [-0.2, 0) is 9.53 Å². The van der Waals surface area contributed by atoms with E-state index in [0.29, 0.717) is 29.2 Å². The minimum atomic E-state index is -0.574. The molecule has 0 saturated carbocycles. The SMILES string of the molecule is CCCCCCCCCCCOc1ccc(/C=C(\C)C(=O)Oc2ccc(C(=O)Oc3ccc(C(=O)O[C@@H](C)CCCCCC)cc3)cc2)cc1. The third-order valence-corrected chi connectivity index (χ3v) is 8.48. The van der Waals surface area contributed by atoms with Crippen molar-refractivity contribution in [3.8, 4) is 17.2 Å². The van der Waals surface area contributed by atoms with Crippen LogP contribution >= 0.6 is 0 Å². The zero-order valence-corrected chi connectivity index (χ0v) is 30.5. The van der Waals surface area contributed by atoms with Crippen molar-refractivity contribution < 1.29 is 33.3 Å². The molecule has 0 heterocycles. The fraction of sp³-hybridized carbons (Fsp3) is 0.465. The molecule has 7 nitrogen and oxygen atoms in total. The molecule has 0 fully saturated rings. The van der Waals surface area contributed by atoms with Gasteiger partial charge >= 0.3 is 17.9 Å². The largest absolute Gasteiger partial charge is 0.494 e. The first-order valence-corrected chi connectivity index (χ1v) is 18.6. The average molecular weight is 685 g/mol. The Kier molecular flexibility index (Phi) is 18.5. The van der Waals surface area contributed by atoms with E-state index in [2.05, 4.69) is 13.8 Å². The highest BCUT2D eigenvalue weighted by molar-refractivity contribution is 5.95. The number of carbonyl (C=O) groups excluding carboxylic acids is 3. The van der Waals surface area contributed by atoms with Gasteiger partial charge in [-0.05, 0) is 105 Å². The van der Waals surface area contributed by atoms with E-state index in [0.717, 1.165) is 43.4 Å². The molecule has 7 heteroatoms. The van der Waals surface area contributed by atoms with Gasteiger partial charge in [-0.2, -0.15) is 0 Å². The van der Waals surface area contributed by atoms with Crippen molar-refractivity contribution in [3.05, 3.63) is 95.1 Å². The Bertz CT molecular complexity index is 1460. The third kappa shape index (κ3) is 15.4. The van der Waals surface area contributed by atoms with Crippen LogP contribution in [0.3, 0.4) is 0 Å². The number of carbonyl (C=O) groups is 3. The fourth-order valence-electron chi connectivity index (χ4n) is 5.41. The van der Waals surface area contributed by atoms with Gasteiger partial charge in [0.2, 0.25) is 0 Å². The maximum Gasteiger partial charge on any atom is 0.343 e. The lowest BCUT2D eigenvalue weighted by molar-refractivity contribution is -0.130. The molecule has 0 N–H and O–H groups in total. The highest BCUT2D eigenvalue weighted by atomic mass is 16.5. The molecule has 1 atom stereocenters. The molecule has 0 aliphatic heterocycles. The topological polar surface area (TPSA) is 88.1 Å². The molecule has 0 bridgehead atoms. The molecule has 0 spiro atoms. The van der Waals surface area contributed by atoms with Gasteiger partial charge in [-0.25, -0.2) is 14.4 Å². The molecular formula is C43H56O7. The summed E-state index contributed by atoms with van der Waals surface area (Å²) in [5, 5.41) is 0. The van der Waals surface area contributed by atoms with Gasteiger partial charge in [-0.15, -0.1) is 0 Å². The van der Waals surface area contributed by atoms with Crippen molar-refractivity contribution in [2.75, 3.05) is 6.61 Å². The Morgan fingerprint density at radius 1 is 0.580 bits per heavy atom. The van der Waals surface area contributed by atoms with Crippen LogP contribution in [0.2, 0.25) is 0 Å². The Labute approximate surface area is 299 Å². The molecule has 0 saturated heterocycles. The van der Waals surface area contributed by atoms with E-state index in [-0.39, 0.29) is 11.7 Å². The maximum absolute atomic E-state index is 12.7. The van der Waals surface area contributed by atoms with Crippen LogP contribution in [0.1, 0.15) is 144 Å². The summed E-state index contributed by atoms with van der Waals surface area (Å²) in [4.78, 5) is 37.9. The van der Waals surface area contributed by atoms with Gasteiger partial charge in [0.25, 0.3) is 0 Å². The smallest absolute Gasteiger partial charge is 0.343 e. The van der Waals surface area contributed by atoms with Crippen LogP contribution in [0, 0.1) is 0 Å². The monoisotopic (exact) mass is 684 g/mol. The second-order valence-electron chi connectivity index (χ2n) is 13.0. The maximum atomic E-state index is 12.7. The van der Waals surface area contributed by atoms with E-state index in [1.807, 2.05) is 31.2 Å². The molecule has 270 valence electrons. The second-order valence-corrected chi connectivity index (χ2v) is 13.0. The normalized spacial score (nSPS) is 11.9. The van der Waals surface area contributed by atoms with Crippen molar-refractivity contribution in [2.24, 2.45) is 0 Å². The Morgan fingerprint density at radius 3 is 1.64 bits per heavy atom. The zero-order chi connectivity index (χ0) is 36.0. The van der Waals surface area contributed by atoms with Crippen molar-refractivity contribution in [1.29, 1.82) is 0 Å². The van der Waals surface area contributed by atoms with E-state index in [9.17, 15) is 14.4 Å². The predicted octanol–water partition coefficient (Wildman–Crippen LogP) is 11.3. The summed E-state index contributed by atoms with van der Waals surface area (Å²) in [6.45, 7) is 8.71. The number of ether oxygens (including phenoxy) is 4. The summed E-state index contributed by atoms with van der Waals surface area (Å²) in [5.41, 5.74) is 1.99. The molecular weight excluding hydrogens is 628 g/mol. The Balaban J connectivity index is 1.39. The van der Waals surface area contributed by atoms with Crippen LogP contribution in [-0.4, -0.2) is 30.6 Å². The van der Waals surface area contributed by atoms with Crippen LogP contribution in [0.4, 0.5) is 0 Å². The van der Waals surface area contributed by atoms with E-state index in [4.69, 9.17) is 18.9 Å². The van der Waals surface area contributed by atoms with Crippen LogP contribution in [0.25, 0.3) is 6.08 Å². The van der Waals surface area contributed by atoms with Crippen molar-refractivity contribution in [1.82, 2.24) is 0 Å². The molecule has 0 aromatic heterocycles. The number of unbranched alkanes of at least 4 members (excludes halogenated alkanes) is 11. The lowest BCUT2D eigenvalue weighted by atomic mass is 10.1. The molecule has 0 amide bonds. The number of benzene rings is 3. The summed E-state index contributed by atoms with van der Waals surface area (Å²) in [5.74, 6) is -0.0407. The lowest BCUT2D eigenvalue weighted by Gasteiger charge is -2.13. The molecule has 0 unspecified atom stereocenters. The minimum absolute atomic E-state index is 0.157. The molecule has 3 aromatic rings. The van der Waals surface area contributed by atoms with Gasteiger partial charge < -0.3 is 18.9 Å². The standard InChI is InChI=1S/C43H56O7/c1-5-7-9-11-12-13-14-15-17-31-47-38-25-19-35(20-26-38)32-33(3)41(44)49-39-27-23-37(24-28-39)43(46)50-40-29-21-36(22-30-40)42(45)48-34(4)18-16-10-8-6-2/h19-30,32,34H,5-18,31H2,1-4H3/b33-32+/t34-/m0/s1. The van der Waals surface area contributed by atoms with E-state index in [1.54, 1.807) is 49.4 Å². The van der Waals surface area contributed by atoms with E-state index >= 15 is 0 Å². The highest BCUT2D eigenvalue weighted by Crippen LogP contribution is 2.20. The Hall–Kier alpha value is -4.39. The fourth-order valence-corrected chi connectivity index (χ4v) is 5.41. The van der Waals surface area contributed by atoms with Gasteiger partial charge in [-0.1, -0.05) is 96.6 Å². The van der Waals surface area contributed by atoms with Crippen molar-refractivity contribution in [3.63, 3.8) is 0 Å². The quantitative estimate of drug-likeness (QED) is 0.0425. The Morgan fingerprint density at radius 2 is 1.06 bits per heavy atom. The number of hydrogen-bond acceptors (Lipinski definition) is 7. The van der Waals surface area contributed by atoms with Gasteiger partial charge in [-0.3, -0.25) is 0 Å². The van der Waals surface area contributed by atoms with Gasteiger partial charge in [0, 0.05) is 5.57 Å². The first-order chi connectivity index (χ1) is 24.3. The second kappa shape index (κ2) is 23.1.